The van der Waals surface area contributed by atoms with Crippen LogP contribution >= 0.6 is 22.6 Å². The summed E-state index contributed by atoms with van der Waals surface area (Å²) in [6.45, 7) is 5.95. The van der Waals surface area contributed by atoms with Crippen LogP contribution in [0.2, 0.25) is 0 Å². The summed E-state index contributed by atoms with van der Waals surface area (Å²) in [5.41, 5.74) is 3.04. The van der Waals surface area contributed by atoms with Gasteiger partial charge in [0.05, 0.1) is 0 Å². The maximum absolute atomic E-state index is 12.4. The number of anilines is 1. The highest BCUT2D eigenvalue weighted by atomic mass is 127. The summed E-state index contributed by atoms with van der Waals surface area (Å²) in [6.07, 6.45) is 0.115. The Kier molecular flexibility index (Phi) is 5.83. The Morgan fingerprint density at radius 3 is 2.45 bits per heavy atom. The van der Waals surface area contributed by atoms with Gasteiger partial charge in [0, 0.05) is 9.26 Å². The zero-order valence-electron chi connectivity index (χ0n) is 13.0. The molecule has 0 saturated heterocycles. The summed E-state index contributed by atoms with van der Waals surface area (Å²) in [4.78, 5) is 12.4. The van der Waals surface area contributed by atoms with Crippen LogP contribution in [0.25, 0.3) is 0 Å². The van der Waals surface area contributed by atoms with Crippen molar-refractivity contribution in [3.8, 4) is 5.75 Å². The number of carbonyl (C=O) groups excluding carboxylic acids is 1. The van der Waals surface area contributed by atoms with E-state index in [2.05, 4.69) is 27.9 Å². The van der Waals surface area contributed by atoms with Crippen LogP contribution in [-0.4, -0.2) is 12.0 Å². The standard InChI is InChI=1S/C18H20INO2/c1-4-17(22-15-8-5-12(2)6-9-15)18(21)20-16-10-7-14(19)11-13(16)3/h5-11,17H,4H2,1-3H3,(H,20,21)/t17-/m0/s1. The molecule has 22 heavy (non-hydrogen) atoms. The molecule has 2 aromatic carbocycles. The molecule has 1 amide bonds. The van der Waals surface area contributed by atoms with Crippen LogP contribution < -0.4 is 10.1 Å². The highest BCUT2D eigenvalue weighted by molar-refractivity contribution is 14.1. The van der Waals surface area contributed by atoms with Gasteiger partial charge in [-0.1, -0.05) is 24.6 Å². The van der Waals surface area contributed by atoms with Gasteiger partial charge in [-0.2, -0.15) is 0 Å². The van der Waals surface area contributed by atoms with Gasteiger partial charge in [0.2, 0.25) is 0 Å². The Hall–Kier alpha value is -1.56. The van der Waals surface area contributed by atoms with Crippen molar-refractivity contribution in [2.45, 2.75) is 33.3 Å². The largest absolute Gasteiger partial charge is 0.481 e. The molecule has 2 rings (SSSR count). The fourth-order valence-electron chi connectivity index (χ4n) is 2.08. The van der Waals surface area contributed by atoms with Gasteiger partial charge >= 0.3 is 0 Å². The molecule has 4 heteroatoms. The van der Waals surface area contributed by atoms with Crippen molar-refractivity contribution in [2.24, 2.45) is 0 Å². The fraction of sp³-hybridized carbons (Fsp3) is 0.278. The molecular weight excluding hydrogens is 389 g/mol. The topological polar surface area (TPSA) is 38.3 Å². The van der Waals surface area contributed by atoms with Crippen molar-refractivity contribution in [3.05, 3.63) is 57.2 Å². The smallest absolute Gasteiger partial charge is 0.265 e. The predicted octanol–water partition coefficient (Wildman–Crippen LogP) is 4.70. The molecule has 0 heterocycles. The number of hydrogen-bond acceptors (Lipinski definition) is 2. The van der Waals surface area contributed by atoms with E-state index in [1.165, 1.54) is 5.56 Å². The number of carbonyl (C=O) groups is 1. The van der Waals surface area contributed by atoms with Crippen molar-refractivity contribution in [3.63, 3.8) is 0 Å². The maximum atomic E-state index is 12.4. The number of amides is 1. The van der Waals surface area contributed by atoms with Gasteiger partial charge in [-0.3, -0.25) is 4.79 Å². The average Bonchev–Trinajstić information content (AvgIpc) is 2.49. The Morgan fingerprint density at radius 2 is 1.86 bits per heavy atom. The first-order valence-corrected chi connectivity index (χ1v) is 8.38. The monoisotopic (exact) mass is 409 g/mol. The summed E-state index contributed by atoms with van der Waals surface area (Å²) in [5, 5.41) is 2.95. The molecule has 0 fully saturated rings. The van der Waals surface area contributed by atoms with Gasteiger partial charge < -0.3 is 10.1 Å². The molecule has 0 aliphatic rings. The summed E-state index contributed by atoms with van der Waals surface area (Å²) in [7, 11) is 0. The van der Waals surface area contributed by atoms with E-state index >= 15 is 0 Å². The SMILES string of the molecule is CC[C@H](Oc1ccc(C)cc1)C(=O)Nc1ccc(I)cc1C. The van der Waals surface area contributed by atoms with Crippen molar-refractivity contribution in [1.82, 2.24) is 0 Å². The van der Waals surface area contributed by atoms with Gasteiger partial charge in [-0.25, -0.2) is 0 Å². The van der Waals surface area contributed by atoms with Gasteiger partial charge in [0.15, 0.2) is 6.10 Å². The van der Waals surface area contributed by atoms with E-state index in [1.54, 1.807) is 0 Å². The number of benzene rings is 2. The van der Waals surface area contributed by atoms with Crippen LogP contribution in [0.1, 0.15) is 24.5 Å². The Morgan fingerprint density at radius 1 is 1.18 bits per heavy atom. The van der Waals surface area contributed by atoms with E-state index in [4.69, 9.17) is 4.74 Å². The number of halogens is 1. The molecule has 1 N–H and O–H groups in total. The van der Waals surface area contributed by atoms with Crippen LogP contribution in [0.15, 0.2) is 42.5 Å². The molecule has 0 bridgehead atoms. The zero-order chi connectivity index (χ0) is 16.1. The number of ether oxygens (including phenoxy) is 1. The van der Waals surface area contributed by atoms with E-state index in [-0.39, 0.29) is 5.91 Å². The maximum Gasteiger partial charge on any atom is 0.265 e. The summed E-state index contributed by atoms with van der Waals surface area (Å²) in [5.74, 6) is 0.597. The van der Waals surface area contributed by atoms with Crippen LogP contribution in [-0.2, 0) is 4.79 Å². The lowest BCUT2D eigenvalue weighted by molar-refractivity contribution is -0.122. The third kappa shape index (κ3) is 4.47. The lowest BCUT2D eigenvalue weighted by Gasteiger charge is -2.18. The molecule has 0 unspecified atom stereocenters. The first-order chi connectivity index (χ1) is 10.5. The van der Waals surface area contributed by atoms with Gasteiger partial charge in [0.25, 0.3) is 5.91 Å². The first kappa shape index (κ1) is 16.8. The predicted molar refractivity (Wildman–Crippen MR) is 98.4 cm³/mol. The van der Waals surface area contributed by atoms with Gasteiger partial charge in [-0.15, -0.1) is 0 Å². The number of nitrogens with one attached hydrogen (secondary N) is 1. The third-order valence-electron chi connectivity index (χ3n) is 3.41. The Balaban J connectivity index is 2.06. The highest BCUT2D eigenvalue weighted by Gasteiger charge is 2.19. The van der Waals surface area contributed by atoms with Gasteiger partial charge in [-0.05, 0) is 78.8 Å². The molecular formula is C18H20INO2. The van der Waals surface area contributed by atoms with Crippen molar-refractivity contribution < 1.29 is 9.53 Å². The molecule has 0 aromatic heterocycles. The molecule has 0 aliphatic heterocycles. The van der Waals surface area contributed by atoms with Crippen LogP contribution in [0, 0.1) is 17.4 Å². The third-order valence-corrected chi connectivity index (χ3v) is 4.08. The van der Waals surface area contributed by atoms with E-state index in [0.717, 1.165) is 14.8 Å². The first-order valence-electron chi connectivity index (χ1n) is 7.30. The number of rotatable bonds is 5. The van der Waals surface area contributed by atoms with Crippen molar-refractivity contribution >= 4 is 34.2 Å². The van der Waals surface area contributed by atoms with Crippen LogP contribution in [0.3, 0.4) is 0 Å². The number of hydrogen-bond donors (Lipinski definition) is 1. The second-order valence-corrected chi connectivity index (χ2v) is 6.52. The quantitative estimate of drug-likeness (QED) is 0.727. The summed E-state index contributed by atoms with van der Waals surface area (Å²) < 4.78 is 6.95. The van der Waals surface area contributed by atoms with E-state index in [0.29, 0.717) is 12.2 Å². The molecule has 0 spiro atoms. The van der Waals surface area contributed by atoms with Crippen molar-refractivity contribution in [1.29, 1.82) is 0 Å². The minimum Gasteiger partial charge on any atom is -0.481 e. The molecule has 2 aromatic rings. The van der Waals surface area contributed by atoms with Crippen LogP contribution in [0.5, 0.6) is 5.75 Å². The minimum atomic E-state index is -0.499. The van der Waals surface area contributed by atoms with E-state index in [1.807, 2.05) is 63.2 Å². The van der Waals surface area contributed by atoms with E-state index < -0.39 is 6.10 Å². The lowest BCUT2D eigenvalue weighted by atomic mass is 10.2. The number of aryl methyl sites for hydroxylation is 2. The van der Waals surface area contributed by atoms with E-state index in [9.17, 15) is 4.79 Å². The second kappa shape index (κ2) is 7.63. The second-order valence-electron chi connectivity index (χ2n) is 5.28. The zero-order valence-corrected chi connectivity index (χ0v) is 15.2. The fourth-order valence-corrected chi connectivity index (χ4v) is 2.73. The Bertz CT molecular complexity index is 653. The summed E-state index contributed by atoms with van der Waals surface area (Å²) >= 11 is 2.26. The molecule has 0 radical (unpaired) electrons. The molecule has 1 atom stereocenters. The van der Waals surface area contributed by atoms with Crippen molar-refractivity contribution in [2.75, 3.05) is 5.32 Å². The van der Waals surface area contributed by atoms with Gasteiger partial charge in [0.1, 0.15) is 5.75 Å². The Labute approximate surface area is 145 Å². The minimum absolute atomic E-state index is 0.118. The average molecular weight is 409 g/mol. The molecule has 0 aliphatic carbocycles. The normalized spacial score (nSPS) is 11.8. The lowest BCUT2D eigenvalue weighted by Crippen LogP contribution is -2.32. The summed E-state index contributed by atoms with van der Waals surface area (Å²) in [6, 6.07) is 13.7. The van der Waals surface area contributed by atoms with Crippen LogP contribution in [0.4, 0.5) is 5.69 Å². The molecule has 0 saturated carbocycles. The molecule has 3 nitrogen and oxygen atoms in total. The highest BCUT2D eigenvalue weighted by Crippen LogP contribution is 2.20. The molecule has 116 valence electrons.